The fourth-order valence-corrected chi connectivity index (χ4v) is 4.75. The first-order valence-corrected chi connectivity index (χ1v) is 16.0. The third-order valence-electron chi connectivity index (χ3n) is 7.25. The van der Waals surface area contributed by atoms with Gasteiger partial charge in [0.1, 0.15) is 18.1 Å². The molecule has 0 heterocycles. The van der Waals surface area contributed by atoms with Crippen LogP contribution in [-0.4, -0.2) is 79.5 Å². The Balaban J connectivity index is 2.17. The molecule has 15 nitrogen and oxygen atoms in total. The minimum absolute atomic E-state index is 0.0928. The van der Waals surface area contributed by atoms with Crippen molar-refractivity contribution in [3.63, 3.8) is 0 Å². The van der Waals surface area contributed by atoms with E-state index in [2.05, 4.69) is 26.3 Å². The number of benzene rings is 2. The maximum atomic E-state index is 13.7. The Hall–Kier alpha value is -5.18. The molecule has 0 aliphatic rings. The smallest absolute Gasteiger partial charge is 0.407 e. The third kappa shape index (κ3) is 15.4. The molecule has 5 amide bonds. The van der Waals surface area contributed by atoms with Crippen LogP contribution >= 0.6 is 0 Å². The van der Waals surface area contributed by atoms with Crippen LogP contribution in [0.2, 0.25) is 0 Å². The number of rotatable bonds is 21. The Bertz CT molecular complexity index is 1340. The van der Waals surface area contributed by atoms with Gasteiger partial charge in [-0.1, -0.05) is 60.7 Å². The van der Waals surface area contributed by atoms with E-state index in [1.54, 1.807) is 31.2 Å². The predicted molar refractivity (Wildman–Crippen MR) is 182 cm³/mol. The van der Waals surface area contributed by atoms with Crippen molar-refractivity contribution in [2.45, 2.75) is 76.0 Å². The number of nitrogens with zero attached hydrogens (tertiary/aromatic N) is 1. The molecule has 48 heavy (non-hydrogen) atoms. The largest absolute Gasteiger partial charge is 0.450 e. The summed E-state index contributed by atoms with van der Waals surface area (Å²) in [4.78, 5) is 68.1. The number of hydrogen-bond donors (Lipinski definition) is 8. The van der Waals surface area contributed by atoms with Gasteiger partial charge < -0.3 is 48.9 Å². The number of nitrogens with two attached hydrogens (primary N) is 4. The van der Waals surface area contributed by atoms with E-state index in [1.807, 2.05) is 36.4 Å². The lowest BCUT2D eigenvalue weighted by molar-refractivity contribution is -0.133. The van der Waals surface area contributed by atoms with Gasteiger partial charge in [-0.15, -0.1) is 0 Å². The summed E-state index contributed by atoms with van der Waals surface area (Å²) in [7, 11) is 0. The van der Waals surface area contributed by atoms with Crippen LogP contribution in [0.1, 0.15) is 50.2 Å². The zero-order valence-electron chi connectivity index (χ0n) is 27.4. The highest BCUT2D eigenvalue weighted by Crippen LogP contribution is 2.09. The molecule has 4 atom stereocenters. The van der Waals surface area contributed by atoms with E-state index in [4.69, 9.17) is 27.7 Å². The number of ether oxygens (including phenoxy) is 1. The van der Waals surface area contributed by atoms with Gasteiger partial charge >= 0.3 is 6.09 Å². The van der Waals surface area contributed by atoms with E-state index in [0.29, 0.717) is 25.8 Å². The number of carbonyl (C=O) groups is 5. The highest BCUT2D eigenvalue weighted by molar-refractivity contribution is 5.94. The number of nitrogens with one attached hydrogen (secondary N) is 4. The third-order valence-corrected chi connectivity index (χ3v) is 7.25. The average Bonchev–Trinajstić information content (AvgIpc) is 3.05. The summed E-state index contributed by atoms with van der Waals surface area (Å²) < 4.78 is 4.82. The molecule has 0 saturated heterocycles. The summed E-state index contributed by atoms with van der Waals surface area (Å²) in [5.74, 6) is -2.66. The number of aliphatic imine (C=N–C) groups is 1. The van der Waals surface area contributed by atoms with E-state index < -0.39 is 53.9 Å². The number of primary amides is 1. The first kappa shape index (κ1) is 39.0. The van der Waals surface area contributed by atoms with Crippen LogP contribution in [0.4, 0.5) is 4.79 Å². The highest BCUT2D eigenvalue weighted by atomic mass is 16.5. The molecule has 0 unspecified atom stereocenters. The van der Waals surface area contributed by atoms with Crippen molar-refractivity contribution in [2.24, 2.45) is 27.9 Å². The van der Waals surface area contributed by atoms with Crippen LogP contribution in [0.3, 0.4) is 0 Å². The minimum atomic E-state index is -1.12. The van der Waals surface area contributed by atoms with Crippen molar-refractivity contribution in [2.75, 3.05) is 19.7 Å². The molecule has 262 valence electrons. The molecule has 0 spiro atoms. The van der Waals surface area contributed by atoms with E-state index in [0.717, 1.165) is 11.1 Å². The normalized spacial score (nSPS) is 13.1. The van der Waals surface area contributed by atoms with Gasteiger partial charge in [-0.05, 0) is 56.6 Å². The lowest BCUT2D eigenvalue weighted by Crippen LogP contribution is -2.58. The number of unbranched alkanes of at least 4 members (excludes halogenated alkanes) is 1. The molecule has 2 aromatic rings. The topological polar surface area (TPSA) is 259 Å². The second kappa shape index (κ2) is 21.6. The fourth-order valence-electron chi connectivity index (χ4n) is 4.75. The van der Waals surface area contributed by atoms with Gasteiger partial charge in [-0.2, -0.15) is 0 Å². The maximum Gasteiger partial charge on any atom is 0.407 e. The standard InChI is InChI=1S/C33H49N9O6/c1-2-48-33(47)39-18-10-9-16-25(28(35)43)40-31(46)27(21-23-14-7-4-8-15-23)42-30(45)26(17-11-19-38-32(36)37)41-29(44)24(34)20-22-12-5-3-6-13-22/h3-8,12-15,24-27H,2,9-11,16-21,34H2,1H3,(H2,35,43)(H,39,47)(H,40,46)(H,41,44)(H,42,45)(H4,36,37,38)/t24-,25-,26+,27-/m0/s1. The van der Waals surface area contributed by atoms with Crippen LogP contribution in [0.25, 0.3) is 0 Å². The number of carbonyl (C=O) groups excluding carboxylic acids is 5. The van der Waals surface area contributed by atoms with Crippen molar-refractivity contribution in [3.05, 3.63) is 71.8 Å². The quantitative estimate of drug-likeness (QED) is 0.0493. The Morgan fingerprint density at radius 1 is 0.708 bits per heavy atom. The zero-order chi connectivity index (χ0) is 35.3. The fraction of sp³-hybridized carbons (Fsp3) is 0.455. The van der Waals surface area contributed by atoms with Crippen molar-refractivity contribution in [1.82, 2.24) is 21.3 Å². The summed E-state index contributed by atoms with van der Waals surface area (Å²) >= 11 is 0. The van der Waals surface area contributed by atoms with Crippen LogP contribution < -0.4 is 44.2 Å². The first-order chi connectivity index (χ1) is 23.0. The number of alkyl carbamates (subject to hydrolysis) is 1. The van der Waals surface area contributed by atoms with E-state index in [9.17, 15) is 24.0 Å². The van der Waals surface area contributed by atoms with Gasteiger partial charge in [0.25, 0.3) is 0 Å². The van der Waals surface area contributed by atoms with Crippen LogP contribution in [0.15, 0.2) is 65.7 Å². The number of hydrogen-bond acceptors (Lipinski definition) is 8. The molecule has 15 heteroatoms. The second-order valence-electron chi connectivity index (χ2n) is 11.2. The second-order valence-corrected chi connectivity index (χ2v) is 11.2. The molecule has 0 fully saturated rings. The number of guanidine groups is 1. The summed E-state index contributed by atoms with van der Waals surface area (Å²) in [5, 5.41) is 10.7. The van der Waals surface area contributed by atoms with Crippen LogP contribution in [0, 0.1) is 0 Å². The van der Waals surface area contributed by atoms with Crippen molar-refractivity contribution in [1.29, 1.82) is 0 Å². The summed E-state index contributed by atoms with van der Waals surface area (Å²) in [6.07, 6.45) is 1.47. The molecule has 0 aliphatic heterocycles. The molecular weight excluding hydrogens is 618 g/mol. The number of amides is 5. The van der Waals surface area contributed by atoms with Gasteiger partial charge in [0, 0.05) is 19.5 Å². The van der Waals surface area contributed by atoms with Crippen molar-refractivity contribution in [3.8, 4) is 0 Å². The molecule has 0 aliphatic carbocycles. The average molecular weight is 668 g/mol. The molecule has 2 rings (SSSR count). The monoisotopic (exact) mass is 667 g/mol. The Labute approximate surface area is 281 Å². The lowest BCUT2D eigenvalue weighted by atomic mass is 10.0. The van der Waals surface area contributed by atoms with E-state index in [-0.39, 0.29) is 44.8 Å². The molecule has 12 N–H and O–H groups in total. The highest BCUT2D eigenvalue weighted by Gasteiger charge is 2.30. The van der Waals surface area contributed by atoms with Gasteiger partial charge in [0.2, 0.25) is 23.6 Å². The van der Waals surface area contributed by atoms with E-state index >= 15 is 0 Å². The lowest BCUT2D eigenvalue weighted by Gasteiger charge is -2.25. The van der Waals surface area contributed by atoms with E-state index in [1.165, 1.54) is 0 Å². The molecule has 0 saturated carbocycles. The Morgan fingerprint density at radius 3 is 1.83 bits per heavy atom. The maximum absolute atomic E-state index is 13.7. The molecule has 0 radical (unpaired) electrons. The van der Waals surface area contributed by atoms with Crippen LogP contribution in [0.5, 0.6) is 0 Å². The van der Waals surface area contributed by atoms with Gasteiger partial charge in [-0.25, -0.2) is 4.79 Å². The molecule has 2 aromatic carbocycles. The summed E-state index contributed by atoms with van der Waals surface area (Å²) in [6, 6.07) is 14.1. The van der Waals surface area contributed by atoms with Crippen molar-refractivity contribution < 1.29 is 28.7 Å². The van der Waals surface area contributed by atoms with Gasteiger partial charge in [0.05, 0.1) is 12.6 Å². The van der Waals surface area contributed by atoms with Gasteiger partial charge in [-0.3, -0.25) is 24.2 Å². The predicted octanol–water partition coefficient (Wildman–Crippen LogP) is -0.291. The molecule has 0 bridgehead atoms. The zero-order valence-corrected chi connectivity index (χ0v) is 27.4. The van der Waals surface area contributed by atoms with Gasteiger partial charge in [0.15, 0.2) is 5.96 Å². The Morgan fingerprint density at radius 2 is 1.25 bits per heavy atom. The first-order valence-electron chi connectivity index (χ1n) is 16.0. The summed E-state index contributed by atoms with van der Waals surface area (Å²) in [6.45, 7) is 2.47. The Kier molecular flexibility index (Phi) is 17.5. The minimum Gasteiger partial charge on any atom is -0.450 e. The SMILES string of the molecule is CCOC(=O)NCCCC[C@H](NC(=O)[C@H](Cc1ccccc1)NC(=O)[C@@H](CCCN=C(N)N)NC(=O)[C@@H](N)Cc1ccccc1)C(N)=O. The summed E-state index contributed by atoms with van der Waals surface area (Å²) in [5.41, 5.74) is 24.2. The molecule has 0 aromatic heterocycles. The molecular formula is C33H49N9O6. The van der Waals surface area contributed by atoms with Crippen LogP contribution in [-0.2, 0) is 36.8 Å². The van der Waals surface area contributed by atoms with Crippen molar-refractivity contribution >= 4 is 35.7 Å².